The molecule has 0 bridgehead atoms. The summed E-state index contributed by atoms with van der Waals surface area (Å²) in [5.41, 5.74) is 1.04. The third kappa shape index (κ3) is 2.96. The summed E-state index contributed by atoms with van der Waals surface area (Å²) in [6.07, 6.45) is 0.736. The van der Waals surface area contributed by atoms with Gasteiger partial charge in [0.15, 0.2) is 0 Å². The lowest BCUT2D eigenvalue weighted by Crippen LogP contribution is -2.31. The molecule has 2 aromatic rings. The van der Waals surface area contributed by atoms with Gasteiger partial charge in [0.25, 0.3) is 10.0 Å². The maximum absolute atomic E-state index is 13.7. The molecule has 0 aromatic heterocycles. The number of hydrogen-bond donors (Lipinski definition) is 1. The molecule has 1 amide bonds. The molecule has 24 heavy (non-hydrogen) atoms. The smallest absolute Gasteiger partial charge is 0.261 e. The highest BCUT2D eigenvalue weighted by atomic mass is 32.2. The van der Waals surface area contributed by atoms with Crippen molar-refractivity contribution in [1.82, 2.24) is 0 Å². The molecule has 0 saturated heterocycles. The lowest BCUT2D eigenvalue weighted by atomic mass is 10.0. The van der Waals surface area contributed by atoms with Gasteiger partial charge in [-0.15, -0.1) is 0 Å². The average molecular weight is 352 g/mol. The topological polar surface area (TPSA) is 66.5 Å². The van der Waals surface area contributed by atoms with E-state index in [9.17, 15) is 22.0 Å². The number of sulfonamides is 1. The lowest BCUT2D eigenvalue weighted by Gasteiger charge is -2.26. The molecule has 0 fully saturated rings. The average Bonchev–Trinajstić information content (AvgIpc) is 2.53. The normalized spacial score (nSPS) is 14.5. The van der Waals surface area contributed by atoms with Crippen molar-refractivity contribution in [2.45, 2.75) is 17.7 Å². The molecule has 2 aromatic carbocycles. The number of nitrogens with zero attached hydrogens (tertiary/aromatic N) is 1. The van der Waals surface area contributed by atoms with E-state index in [1.165, 1.54) is 17.0 Å². The van der Waals surface area contributed by atoms with Crippen molar-refractivity contribution < 1.29 is 22.0 Å². The molecule has 0 aliphatic carbocycles. The van der Waals surface area contributed by atoms with E-state index in [2.05, 4.69) is 4.72 Å². The molecule has 1 aliphatic rings. The van der Waals surface area contributed by atoms with E-state index in [0.717, 1.165) is 17.7 Å². The Morgan fingerprint density at radius 2 is 1.83 bits per heavy atom. The number of nitrogens with one attached hydrogen (secondary N) is 1. The zero-order chi connectivity index (χ0) is 17.5. The first-order valence-electron chi connectivity index (χ1n) is 7.15. The monoisotopic (exact) mass is 352 g/mol. The number of hydrogen-bond acceptors (Lipinski definition) is 3. The van der Waals surface area contributed by atoms with Crippen LogP contribution in [0.1, 0.15) is 12.0 Å². The van der Waals surface area contributed by atoms with E-state index in [1.807, 2.05) is 0 Å². The van der Waals surface area contributed by atoms with Crippen molar-refractivity contribution >= 4 is 27.3 Å². The van der Waals surface area contributed by atoms with Crippen LogP contribution in [-0.4, -0.2) is 21.4 Å². The van der Waals surface area contributed by atoms with Gasteiger partial charge in [-0.3, -0.25) is 9.52 Å². The largest absolute Gasteiger partial charge is 0.315 e. The van der Waals surface area contributed by atoms with Gasteiger partial charge in [-0.25, -0.2) is 17.2 Å². The molecule has 1 N–H and O–H groups in total. The summed E-state index contributed by atoms with van der Waals surface area (Å²) in [4.78, 5) is 13.1. The molecule has 1 heterocycles. The minimum Gasteiger partial charge on any atom is -0.315 e. The van der Waals surface area contributed by atoms with Gasteiger partial charge in [-0.2, -0.15) is 0 Å². The van der Waals surface area contributed by atoms with Crippen LogP contribution >= 0.6 is 0 Å². The fourth-order valence-electron chi connectivity index (χ4n) is 2.58. The minimum atomic E-state index is -4.03. The van der Waals surface area contributed by atoms with Gasteiger partial charge in [0.05, 0.1) is 10.6 Å². The third-order valence-electron chi connectivity index (χ3n) is 3.88. The first kappa shape index (κ1) is 16.4. The van der Waals surface area contributed by atoms with E-state index in [1.54, 1.807) is 13.1 Å². The van der Waals surface area contributed by atoms with Crippen LogP contribution in [0.4, 0.5) is 20.2 Å². The van der Waals surface area contributed by atoms with Gasteiger partial charge in [-0.05, 0) is 42.3 Å². The van der Waals surface area contributed by atoms with Crippen LogP contribution in [0.5, 0.6) is 0 Å². The fraction of sp³-hybridized carbons (Fsp3) is 0.188. The molecule has 8 heteroatoms. The second kappa shape index (κ2) is 5.86. The number of anilines is 2. The van der Waals surface area contributed by atoms with Crippen molar-refractivity contribution in [3.63, 3.8) is 0 Å². The van der Waals surface area contributed by atoms with Gasteiger partial charge < -0.3 is 4.90 Å². The minimum absolute atomic E-state index is 0.0374. The summed E-state index contributed by atoms with van der Waals surface area (Å²) in [5.74, 6) is -1.83. The standard InChI is InChI=1S/C16H14F2N2O3S/c1-20-15-6-4-12(8-10(15)2-7-16(20)21)24(22,23)19-14-5-3-11(17)9-13(14)18/h3-6,8-9,19H,2,7H2,1H3. The molecule has 0 spiro atoms. The Morgan fingerprint density at radius 1 is 1.08 bits per heavy atom. The Bertz CT molecular complexity index is 929. The van der Waals surface area contributed by atoms with Crippen molar-refractivity contribution in [3.8, 4) is 0 Å². The molecule has 0 radical (unpaired) electrons. The van der Waals surface area contributed by atoms with E-state index in [-0.39, 0.29) is 16.5 Å². The van der Waals surface area contributed by atoms with Crippen LogP contribution in [0.2, 0.25) is 0 Å². The summed E-state index contributed by atoms with van der Waals surface area (Å²) in [7, 11) is -2.40. The van der Waals surface area contributed by atoms with Crippen LogP contribution in [0, 0.1) is 11.6 Å². The van der Waals surface area contributed by atoms with E-state index in [4.69, 9.17) is 0 Å². The van der Waals surface area contributed by atoms with Gasteiger partial charge >= 0.3 is 0 Å². The Labute approximate surface area is 138 Å². The molecular weight excluding hydrogens is 338 g/mol. The number of benzene rings is 2. The van der Waals surface area contributed by atoms with Crippen molar-refractivity contribution in [2.24, 2.45) is 0 Å². The Kier molecular flexibility index (Phi) is 4.00. The molecular formula is C16H14F2N2O3S. The Morgan fingerprint density at radius 3 is 2.54 bits per heavy atom. The highest BCUT2D eigenvalue weighted by molar-refractivity contribution is 7.92. The number of aryl methyl sites for hydroxylation is 1. The van der Waals surface area contributed by atoms with Crippen molar-refractivity contribution in [1.29, 1.82) is 0 Å². The summed E-state index contributed by atoms with van der Waals surface area (Å²) < 4.78 is 53.5. The van der Waals surface area contributed by atoms with Crippen LogP contribution < -0.4 is 9.62 Å². The second-order valence-electron chi connectivity index (χ2n) is 5.47. The molecule has 0 saturated carbocycles. The van der Waals surface area contributed by atoms with Crippen LogP contribution in [0.3, 0.4) is 0 Å². The van der Waals surface area contributed by atoms with E-state index < -0.39 is 21.7 Å². The fourth-order valence-corrected chi connectivity index (χ4v) is 3.69. The highest BCUT2D eigenvalue weighted by Crippen LogP contribution is 2.30. The number of amides is 1. The SMILES string of the molecule is CN1C(=O)CCc2cc(S(=O)(=O)Nc3ccc(F)cc3F)ccc21. The van der Waals surface area contributed by atoms with Crippen molar-refractivity contribution in [2.75, 3.05) is 16.7 Å². The van der Waals surface area contributed by atoms with Crippen molar-refractivity contribution in [3.05, 3.63) is 53.6 Å². The Hall–Kier alpha value is -2.48. The zero-order valence-electron chi connectivity index (χ0n) is 12.7. The van der Waals surface area contributed by atoms with Gasteiger partial charge in [-0.1, -0.05) is 0 Å². The second-order valence-corrected chi connectivity index (χ2v) is 7.16. The number of halogens is 2. The predicted octanol–water partition coefficient (Wildman–Crippen LogP) is 2.67. The molecule has 5 nitrogen and oxygen atoms in total. The lowest BCUT2D eigenvalue weighted by molar-refractivity contribution is -0.118. The van der Waals surface area contributed by atoms with E-state index in [0.29, 0.717) is 24.6 Å². The number of rotatable bonds is 3. The summed E-state index contributed by atoms with van der Waals surface area (Å²) in [6, 6.07) is 6.94. The number of carbonyl (C=O) groups is 1. The molecule has 3 rings (SSSR count). The van der Waals surface area contributed by atoms with Crippen LogP contribution in [0.15, 0.2) is 41.3 Å². The zero-order valence-corrected chi connectivity index (χ0v) is 13.5. The summed E-state index contributed by atoms with van der Waals surface area (Å²) >= 11 is 0. The maximum Gasteiger partial charge on any atom is 0.261 e. The molecule has 0 atom stereocenters. The molecule has 0 unspecified atom stereocenters. The van der Waals surface area contributed by atoms with Gasteiger partial charge in [0, 0.05) is 25.2 Å². The van der Waals surface area contributed by atoms with Gasteiger partial charge in [0.1, 0.15) is 11.6 Å². The first-order valence-corrected chi connectivity index (χ1v) is 8.63. The summed E-state index contributed by atoms with van der Waals surface area (Å²) in [6.45, 7) is 0. The van der Waals surface area contributed by atoms with Crippen LogP contribution in [0.25, 0.3) is 0 Å². The quantitative estimate of drug-likeness (QED) is 0.924. The number of fused-ring (bicyclic) bond motifs is 1. The van der Waals surface area contributed by atoms with Crippen LogP contribution in [-0.2, 0) is 21.2 Å². The number of carbonyl (C=O) groups excluding carboxylic acids is 1. The molecule has 1 aliphatic heterocycles. The predicted molar refractivity (Wildman–Crippen MR) is 85.3 cm³/mol. The van der Waals surface area contributed by atoms with Gasteiger partial charge in [0.2, 0.25) is 5.91 Å². The summed E-state index contributed by atoms with van der Waals surface area (Å²) in [5, 5.41) is 0. The third-order valence-corrected chi connectivity index (χ3v) is 5.24. The first-order chi connectivity index (χ1) is 11.3. The Balaban J connectivity index is 1.94. The highest BCUT2D eigenvalue weighted by Gasteiger charge is 2.24. The maximum atomic E-state index is 13.7. The van der Waals surface area contributed by atoms with E-state index >= 15 is 0 Å². The molecule has 126 valence electrons.